The molecule has 8 heteroatoms. The lowest BCUT2D eigenvalue weighted by Gasteiger charge is -2.25. The molecule has 1 aromatic heterocycles. The molecule has 1 unspecified atom stereocenters. The predicted octanol–water partition coefficient (Wildman–Crippen LogP) is 2.45. The monoisotopic (exact) mass is 421 g/mol. The Morgan fingerprint density at radius 2 is 1.97 bits per heavy atom. The summed E-state index contributed by atoms with van der Waals surface area (Å²) in [5.41, 5.74) is 1.01. The smallest absolute Gasteiger partial charge is 0.331 e. The highest BCUT2D eigenvalue weighted by atomic mass is 16.2. The minimum Gasteiger partial charge on any atom is -0.372 e. The first-order valence-electron chi connectivity index (χ1n) is 10.5. The Morgan fingerprint density at radius 3 is 2.65 bits per heavy atom. The molecule has 0 bridgehead atoms. The van der Waals surface area contributed by atoms with Crippen molar-refractivity contribution in [1.82, 2.24) is 14.0 Å². The van der Waals surface area contributed by atoms with E-state index in [1.54, 1.807) is 35.8 Å². The normalized spacial score (nSPS) is 14.3. The number of fused-ring (bicyclic) bond motifs is 1. The summed E-state index contributed by atoms with van der Waals surface area (Å²) >= 11 is 0. The highest BCUT2D eigenvalue weighted by Crippen LogP contribution is 2.17. The average molecular weight is 422 g/mol. The number of hydrogen-bond acceptors (Lipinski definition) is 5. The molecule has 1 amide bonds. The van der Waals surface area contributed by atoms with E-state index in [0.717, 1.165) is 0 Å². The molecule has 2 aromatic rings. The zero-order valence-electron chi connectivity index (χ0n) is 18.1. The number of amides is 1. The Balaban J connectivity index is 1.74. The van der Waals surface area contributed by atoms with Gasteiger partial charge in [0.05, 0.1) is 16.5 Å². The van der Waals surface area contributed by atoms with Crippen LogP contribution >= 0.6 is 0 Å². The summed E-state index contributed by atoms with van der Waals surface area (Å²) in [7, 11) is 0. The Labute approximate surface area is 180 Å². The van der Waals surface area contributed by atoms with Crippen molar-refractivity contribution in [3.8, 4) is 6.07 Å². The Hall–Kier alpha value is -3.60. The van der Waals surface area contributed by atoms with Gasteiger partial charge in [-0.15, -0.1) is 0 Å². The highest BCUT2D eigenvalue weighted by Gasteiger charge is 2.15. The Morgan fingerprint density at radius 1 is 1.23 bits per heavy atom. The van der Waals surface area contributed by atoms with Gasteiger partial charge in [-0.25, -0.2) is 4.79 Å². The van der Waals surface area contributed by atoms with Crippen LogP contribution in [0.15, 0.2) is 51.7 Å². The number of carbonyl (C=O) groups is 1. The summed E-state index contributed by atoms with van der Waals surface area (Å²) in [6.45, 7) is 7.71. The summed E-state index contributed by atoms with van der Waals surface area (Å²) in [6, 6.07) is 7.17. The van der Waals surface area contributed by atoms with E-state index in [9.17, 15) is 14.4 Å². The summed E-state index contributed by atoms with van der Waals surface area (Å²) < 4.78 is 2.76. The first-order chi connectivity index (χ1) is 14.9. The van der Waals surface area contributed by atoms with Gasteiger partial charge in [0, 0.05) is 44.5 Å². The van der Waals surface area contributed by atoms with E-state index in [4.69, 9.17) is 5.26 Å². The molecule has 1 aliphatic heterocycles. The molecule has 0 radical (unpaired) electrons. The standard InChI is InChI=1S/C23H27N5O3/c1-4-27-20-9-8-18(12-19(20)22(30)28(5-2)23(27)31)25-21(29)11-16(3)14-26-10-6-7-17(13-24)15-26/h6-9,12,15-16H,4-5,10-11,14H2,1-3H3,(H,25,29). The zero-order valence-corrected chi connectivity index (χ0v) is 18.1. The SMILES string of the molecule is CCn1c(=O)c2cc(NC(=O)CC(C)CN3C=C(C#N)C=CC3)ccc2n(CC)c1=O. The van der Waals surface area contributed by atoms with Gasteiger partial charge < -0.3 is 10.2 Å². The van der Waals surface area contributed by atoms with Crippen LogP contribution in [-0.2, 0) is 17.9 Å². The van der Waals surface area contributed by atoms with Crippen LogP contribution in [0.5, 0.6) is 0 Å². The van der Waals surface area contributed by atoms with Gasteiger partial charge in [0.1, 0.15) is 6.07 Å². The molecule has 3 rings (SSSR count). The molecule has 0 saturated carbocycles. The fourth-order valence-corrected chi connectivity index (χ4v) is 3.88. The Kier molecular flexibility index (Phi) is 6.75. The molecule has 31 heavy (non-hydrogen) atoms. The molecule has 1 N–H and O–H groups in total. The van der Waals surface area contributed by atoms with E-state index in [0.29, 0.717) is 48.2 Å². The van der Waals surface area contributed by atoms with Gasteiger partial charge in [0.2, 0.25) is 5.91 Å². The molecule has 0 fully saturated rings. The maximum absolute atomic E-state index is 12.7. The van der Waals surface area contributed by atoms with E-state index in [2.05, 4.69) is 11.4 Å². The van der Waals surface area contributed by atoms with Crippen LogP contribution in [0, 0.1) is 17.2 Å². The number of nitrogens with zero attached hydrogens (tertiary/aromatic N) is 4. The third-order valence-corrected chi connectivity index (χ3v) is 5.31. The highest BCUT2D eigenvalue weighted by molar-refractivity contribution is 5.93. The van der Waals surface area contributed by atoms with E-state index < -0.39 is 0 Å². The van der Waals surface area contributed by atoms with Crippen molar-refractivity contribution in [3.63, 3.8) is 0 Å². The second kappa shape index (κ2) is 9.47. The van der Waals surface area contributed by atoms with E-state index >= 15 is 0 Å². The molecule has 2 heterocycles. The van der Waals surface area contributed by atoms with Crippen LogP contribution in [0.1, 0.15) is 27.2 Å². The number of allylic oxidation sites excluding steroid dienone is 2. The minimum absolute atomic E-state index is 0.0748. The van der Waals surface area contributed by atoms with E-state index in [-0.39, 0.29) is 29.6 Å². The summed E-state index contributed by atoms with van der Waals surface area (Å²) in [4.78, 5) is 39.8. The first kappa shape index (κ1) is 22.1. The molecule has 0 aliphatic carbocycles. The van der Waals surface area contributed by atoms with Gasteiger partial charge in [0.25, 0.3) is 5.56 Å². The van der Waals surface area contributed by atoms with Crippen molar-refractivity contribution in [2.45, 2.75) is 40.3 Å². The van der Waals surface area contributed by atoms with Crippen LogP contribution in [0.4, 0.5) is 5.69 Å². The van der Waals surface area contributed by atoms with Crippen molar-refractivity contribution in [2.24, 2.45) is 5.92 Å². The first-order valence-corrected chi connectivity index (χ1v) is 10.5. The van der Waals surface area contributed by atoms with Gasteiger partial charge in [-0.1, -0.05) is 13.0 Å². The van der Waals surface area contributed by atoms with Crippen molar-refractivity contribution in [2.75, 3.05) is 18.4 Å². The van der Waals surface area contributed by atoms with Gasteiger partial charge in [-0.3, -0.25) is 18.7 Å². The molecule has 8 nitrogen and oxygen atoms in total. The molecular weight excluding hydrogens is 394 g/mol. The topological polar surface area (TPSA) is 100 Å². The van der Waals surface area contributed by atoms with Crippen LogP contribution in [0.3, 0.4) is 0 Å². The number of benzene rings is 1. The lowest BCUT2D eigenvalue weighted by Crippen LogP contribution is -2.39. The zero-order chi connectivity index (χ0) is 22.5. The van der Waals surface area contributed by atoms with Crippen LogP contribution in [-0.4, -0.2) is 33.0 Å². The molecule has 0 saturated heterocycles. The summed E-state index contributed by atoms with van der Waals surface area (Å²) in [6.07, 6.45) is 5.84. The van der Waals surface area contributed by atoms with Crippen molar-refractivity contribution in [3.05, 3.63) is 63.0 Å². The van der Waals surface area contributed by atoms with Crippen molar-refractivity contribution >= 4 is 22.5 Å². The molecule has 1 aliphatic rings. The van der Waals surface area contributed by atoms with Gasteiger partial charge >= 0.3 is 5.69 Å². The number of nitriles is 1. The molecule has 1 aromatic carbocycles. The lowest BCUT2D eigenvalue weighted by atomic mass is 10.1. The fraction of sp³-hybridized carbons (Fsp3) is 0.391. The average Bonchev–Trinajstić information content (AvgIpc) is 2.74. The minimum atomic E-state index is -0.352. The second-order valence-electron chi connectivity index (χ2n) is 7.72. The molecule has 1 atom stereocenters. The summed E-state index contributed by atoms with van der Waals surface area (Å²) in [5, 5.41) is 12.3. The van der Waals surface area contributed by atoms with Crippen LogP contribution in [0.2, 0.25) is 0 Å². The largest absolute Gasteiger partial charge is 0.372 e. The van der Waals surface area contributed by atoms with Gasteiger partial charge in [-0.2, -0.15) is 5.26 Å². The van der Waals surface area contributed by atoms with Crippen LogP contribution < -0.4 is 16.6 Å². The van der Waals surface area contributed by atoms with E-state index in [1.807, 2.05) is 31.0 Å². The van der Waals surface area contributed by atoms with Gasteiger partial charge in [-0.05, 0) is 44.0 Å². The van der Waals surface area contributed by atoms with Gasteiger partial charge in [0.15, 0.2) is 0 Å². The van der Waals surface area contributed by atoms with E-state index in [1.165, 1.54) is 4.57 Å². The number of hydrogen-bond donors (Lipinski definition) is 1. The molecule has 0 spiro atoms. The third-order valence-electron chi connectivity index (χ3n) is 5.31. The lowest BCUT2D eigenvalue weighted by molar-refractivity contribution is -0.117. The van der Waals surface area contributed by atoms with Crippen molar-refractivity contribution in [1.29, 1.82) is 5.26 Å². The van der Waals surface area contributed by atoms with Crippen molar-refractivity contribution < 1.29 is 4.79 Å². The quantitative estimate of drug-likeness (QED) is 0.740. The number of aryl methyl sites for hydroxylation is 1. The second-order valence-corrected chi connectivity index (χ2v) is 7.72. The van der Waals surface area contributed by atoms with Crippen LogP contribution in [0.25, 0.3) is 10.9 Å². The molecule has 162 valence electrons. The number of nitrogens with one attached hydrogen (secondary N) is 1. The summed E-state index contributed by atoms with van der Waals surface area (Å²) in [5.74, 6) is -0.0748. The maximum Gasteiger partial charge on any atom is 0.331 e. The Bertz CT molecular complexity index is 1210. The fourth-order valence-electron chi connectivity index (χ4n) is 3.88. The number of aromatic nitrogens is 2. The maximum atomic E-state index is 12.7. The number of rotatable bonds is 7. The molecular formula is C23H27N5O3. The third kappa shape index (κ3) is 4.77. The predicted molar refractivity (Wildman–Crippen MR) is 121 cm³/mol. The number of carbonyl (C=O) groups excluding carboxylic acids is 1. The number of anilines is 1.